The minimum atomic E-state index is -0.235. The van der Waals surface area contributed by atoms with E-state index in [1.165, 1.54) is 0 Å². The number of likely N-dealkylation sites (tertiary alicyclic amines) is 1. The first-order valence-electron chi connectivity index (χ1n) is 9.68. The Kier molecular flexibility index (Phi) is 5.33. The monoisotopic (exact) mass is 420 g/mol. The van der Waals surface area contributed by atoms with E-state index in [0.717, 1.165) is 22.3 Å². The van der Waals surface area contributed by atoms with Crippen molar-refractivity contribution in [3.05, 3.63) is 75.2 Å². The number of aliphatic hydroxyl groups excluding tert-OH is 1. The van der Waals surface area contributed by atoms with Crippen molar-refractivity contribution in [1.82, 2.24) is 14.9 Å². The van der Waals surface area contributed by atoms with Crippen molar-refractivity contribution in [2.24, 2.45) is 0 Å². The summed E-state index contributed by atoms with van der Waals surface area (Å²) >= 11 is 6.27. The van der Waals surface area contributed by atoms with E-state index in [9.17, 15) is 9.90 Å². The molecule has 6 nitrogen and oxygen atoms in total. The number of nitriles is 1. The maximum Gasteiger partial charge on any atom is 0.254 e. The molecule has 0 spiro atoms. The number of nitrogens with zero attached hydrogens (tertiary/aromatic N) is 3. The van der Waals surface area contributed by atoms with Crippen LogP contribution in [0.15, 0.2) is 36.4 Å². The highest BCUT2D eigenvalue weighted by atomic mass is 35.5. The first-order chi connectivity index (χ1) is 14.4. The molecule has 1 aromatic heterocycles. The molecule has 1 amide bonds. The summed E-state index contributed by atoms with van der Waals surface area (Å²) in [5.74, 6) is 0.649. The molecule has 0 aliphatic carbocycles. The zero-order valence-electron chi connectivity index (χ0n) is 16.7. The molecule has 2 aromatic carbocycles. The quantitative estimate of drug-likeness (QED) is 0.668. The van der Waals surface area contributed by atoms with Gasteiger partial charge in [-0.25, -0.2) is 4.98 Å². The van der Waals surface area contributed by atoms with Gasteiger partial charge in [0, 0.05) is 30.1 Å². The second kappa shape index (κ2) is 7.94. The van der Waals surface area contributed by atoms with Crippen LogP contribution in [0.3, 0.4) is 0 Å². The Morgan fingerprint density at radius 1 is 1.27 bits per heavy atom. The molecule has 1 aliphatic rings. The van der Waals surface area contributed by atoms with Crippen LogP contribution in [0.25, 0.3) is 11.3 Å². The SMILES string of the molecule is Cc1ccc(C(=O)N2CC(c3ccc(C#N)cc3)C2)c(C)c1-c1[nH]c(CO)nc1Cl. The number of aromatic amines is 1. The second-order valence-electron chi connectivity index (χ2n) is 7.58. The van der Waals surface area contributed by atoms with E-state index in [2.05, 4.69) is 16.0 Å². The number of carbonyl (C=O) groups excluding carboxylic acids is 1. The lowest BCUT2D eigenvalue weighted by atomic mass is 9.89. The van der Waals surface area contributed by atoms with Crippen molar-refractivity contribution in [2.45, 2.75) is 26.4 Å². The zero-order valence-corrected chi connectivity index (χ0v) is 17.5. The average molecular weight is 421 g/mol. The number of aryl methyl sites for hydroxylation is 1. The molecular weight excluding hydrogens is 400 g/mol. The second-order valence-corrected chi connectivity index (χ2v) is 7.94. The number of amides is 1. The van der Waals surface area contributed by atoms with Crippen LogP contribution in [-0.2, 0) is 6.61 Å². The Bertz CT molecular complexity index is 1160. The molecule has 0 saturated carbocycles. The molecule has 30 heavy (non-hydrogen) atoms. The summed E-state index contributed by atoms with van der Waals surface area (Å²) in [6.07, 6.45) is 0. The summed E-state index contributed by atoms with van der Waals surface area (Å²) in [6, 6.07) is 13.4. The molecule has 0 radical (unpaired) electrons. The fourth-order valence-corrected chi connectivity index (χ4v) is 4.20. The van der Waals surface area contributed by atoms with Crippen LogP contribution >= 0.6 is 11.6 Å². The number of aromatic nitrogens is 2. The highest BCUT2D eigenvalue weighted by Gasteiger charge is 2.33. The fraction of sp³-hybridized carbons (Fsp3) is 0.261. The maximum atomic E-state index is 13.2. The first kappa shape index (κ1) is 20.1. The Hall–Kier alpha value is -3.14. The fourth-order valence-electron chi connectivity index (χ4n) is 3.96. The van der Waals surface area contributed by atoms with Crippen molar-refractivity contribution in [3.63, 3.8) is 0 Å². The van der Waals surface area contributed by atoms with Gasteiger partial charge < -0.3 is 15.0 Å². The molecule has 3 aromatic rings. The molecular formula is C23H21ClN4O2. The molecule has 0 atom stereocenters. The Morgan fingerprint density at radius 3 is 2.57 bits per heavy atom. The normalized spacial score (nSPS) is 13.8. The number of imidazole rings is 1. The average Bonchev–Trinajstić information content (AvgIpc) is 3.08. The van der Waals surface area contributed by atoms with Crippen LogP contribution in [0.2, 0.25) is 5.15 Å². The molecule has 4 rings (SSSR count). The van der Waals surface area contributed by atoms with E-state index in [4.69, 9.17) is 16.9 Å². The predicted molar refractivity (Wildman–Crippen MR) is 114 cm³/mol. The van der Waals surface area contributed by atoms with Gasteiger partial charge in [0.1, 0.15) is 12.4 Å². The van der Waals surface area contributed by atoms with Gasteiger partial charge in [0.25, 0.3) is 5.91 Å². The Labute approximate surface area is 179 Å². The summed E-state index contributed by atoms with van der Waals surface area (Å²) in [6.45, 7) is 4.92. The molecule has 1 fully saturated rings. The van der Waals surface area contributed by atoms with Crippen molar-refractivity contribution >= 4 is 17.5 Å². The molecule has 0 unspecified atom stereocenters. The molecule has 1 saturated heterocycles. The highest BCUT2D eigenvalue weighted by molar-refractivity contribution is 6.32. The Balaban J connectivity index is 1.57. The predicted octanol–water partition coefficient (Wildman–Crippen LogP) is 3.95. The minimum absolute atomic E-state index is 0.0170. The minimum Gasteiger partial charge on any atom is -0.388 e. The maximum absolute atomic E-state index is 13.2. The van der Waals surface area contributed by atoms with Gasteiger partial charge in [0.2, 0.25) is 0 Å². The number of aliphatic hydroxyl groups is 1. The third kappa shape index (κ3) is 3.47. The molecule has 2 heterocycles. The van der Waals surface area contributed by atoms with Gasteiger partial charge in [-0.15, -0.1) is 0 Å². The van der Waals surface area contributed by atoms with Gasteiger partial charge in [-0.1, -0.05) is 29.8 Å². The number of hydrogen-bond acceptors (Lipinski definition) is 4. The molecule has 7 heteroatoms. The smallest absolute Gasteiger partial charge is 0.254 e. The summed E-state index contributed by atoms with van der Waals surface area (Å²) in [5.41, 5.74) is 5.66. The van der Waals surface area contributed by atoms with Gasteiger partial charge in [0.05, 0.1) is 17.3 Å². The van der Waals surface area contributed by atoms with Crippen LogP contribution < -0.4 is 0 Å². The van der Waals surface area contributed by atoms with Crippen molar-refractivity contribution in [1.29, 1.82) is 5.26 Å². The van der Waals surface area contributed by atoms with E-state index < -0.39 is 0 Å². The van der Waals surface area contributed by atoms with Crippen LogP contribution in [-0.4, -0.2) is 39.0 Å². The van der Waals surface area contributed by atoms with E-state index >= 15 is 0 Å². The molecule has 0 bridgehead atoms. The number of carbonyl (C=O) groups is 1. The number of rotatable bonds is 4. The van der Waals surface area contributed by atoms with E-state index in [1.54, 1.807) is 0 Å². The third-order valence-corrected chi connectivity index (χ3v) is 5.97. The lowest BCUT2D eigenvalue weighted by Gasteiger charge is -2.40. The Morgan fingerprint density at radius 2 is 1.97 bits per heavy atom. The molecule has 2 N–H and O–H groups in total. The molecule has 152 valence electrons. The number of nitrogens with one attached hydrogen (secondary N) is 1. The number of H-pyrrole nitrogens is 1. The van der Waals surface area contributed by atoms with Crippen LogP contribution in [0.1, 0.15) is 44.4 Å². The standard InChI is InChI=1S/C23H21ClN4O2/c1-13-3-8-18(14(2)20(13)21-22(24)27-19(12-29)26-21)23(30)28-10-17(11-28)16-6-4-15(9-25)5-7-16/h3-8,17,29H,10-12H2,1-2H3,(H,26,27). The summed E-state index contributed by atoms with van der Waals surface area (Å²) in [5, 5.41) is 18.5. The van der Waals surface area contributed by atoms with Crippen LogP contribution in [0.4, 0.5) is 0 Å². The van der Waals surface area contributed by atoms with Gasteiger partial charge in [-0.2, -0.15) is 5.26 Å². The summed E-state index contributed by atoms with van der Waals surface area (Å²) in [4.78, 5) is 22.2. The summed E-state index contributed by atoms with van der Waals surface area (Å²) in [7, 11) is 0. The highest BCUT2D eigenvalue weighted by Crippen LogP contribution is 2.35. The number of benzene rings is 2. The molecule has 1 aliphatic heterocycles. The van der Waals surface area contributed by atoms with Crippen LogP contribution in [0, 0.1) is 25.2 Å². The van der Waals surface area contributed by atoms with Crippen LogP contribution in [0.5, 0.6) is 0 Å². The number of halogens is 1. The van der Waals surface area contributed by atoms with Crippen molar-refractivity contribution < 1.29 is 9.90 Å². The topological polar surface area (TPSA) is 93.0 Å². The van der Waals surface area contributed by atoms with Gasteiger partial charge in [0.15, 0.2) is 5.15 Å². The lowest BCUT2D eigenvalue weighted by Crippen LogP contribution is -2.48. The zero-order chi connectivity index (χ0) is 21.4. The van der Waals surface area contributed by atoms with Crippen molar-refractivity contribution in [2.75, 3.05) is 13.1 Å². The summed E-state index contributed by atoms with van der Waals surface area (Å²) < 4.78 is 0. The van der Waals surface area contributed by atoms with E-state index in [-0.39, 0.29) is 23.6 Å². The van der Waals surface area contributed by atoms with E-state index in [0.29, 0.717) is 35.7 Å². The van der Waals surface area contributed by atoms with Gasteiger partial charge >= 0.3 is 0 Å². The lowest BCUT2D eigenvalue weighted by molar-refractivity contribution is 0.0601. The van der Waals surface area contributed by atoms with Gasteiger partial charge in [-0.3, -0.25) is 4.79 Å². The third-order valence-electron chi connectivity index (χ3n) is 5.69. The van der Waals surface area contributed by atoms with Crippen molar-refractivity contribution in [3.8, 4) is 17.3 Å². The largest absolute Gasteiger partial charge is 0.388 e. The first-order valence-corrected chi connectivity index (χ1v) is 10.1. The number of hydrogen-bond donors (Lipinski definition) is 2. The van der Waals surface area contributed by atoms with E-state index in [1.807, 2.05) is 55.1 Å². The van der Waals surface area contributed by atoms with Gasteiger partial charge in [-0.05, 0) is 48.7 Å².